The minimum Gasteiger partial charge on any atom is -0.390 e. The zero-order valence-electron chi connectivity index (χ0n) is 12.6. The van der Waals surface area contributed by atoms with Crippen molar-refractivity contribution in [1.29, 1.82) is 0 Å². The first-order valence-electron chi connectivity index (χ1n) is 7.86. The summed E-state index contributed by atoms with van der Waals surface area (Å²) in [7, 11) is 0. The van der Waals surface area contributed by atoms with Crippen molar-refractivity contribution >= 4 is 23.4 Å². The fourth-order valence-corrected chi connectivity index (χ4v) is 4.29. The van der Waals surface area contributed by atoms with E-state index in [4.69, 9.17) is 16.3 Å². The smallest absolute Gasteiger partial charge is 0.0791 e. The molecule has 2 aliphatic rings. The summed E-state index contributed by atoms with van der Waals surface area (Å²) < 4.78 is 5.33. The minimum atomic E-state index is -0.352. The maximum Gasteiger partial charge on any atom is 0.0791 e. The van der Waals surface area contributed by atoms with Gasteiger partial charge < -0.3 is 15.2 Å². The van der Waals surface area contributed by atoms with Gasteiger partial charge in [0.05, 0.1) is 19.3 Å². The Bertz CT molecular complexity index is 497. The number of hydrogen-bond acceptors (Lipinski definition) is 5. The molecular weight excluding hydrogens is 320 g/mol. The van der Waals surface area contributed by atoms with Gasteiger partial charge in [0.1, 0.15) is 0 Å². The van der Waals surface area contributed by atoms with Crippen LogP contribution < -0.4 is 5.32 Å². The first kappa shape index (κ1) is 16.6. The highest BCUT2D eigenvalue weighted by Crippen LogP contribution is 2.37. The van der Waals surface area contributed by atoms with Crippen LogP contribution in [0.5, 0.6) is 0 Å². The maximum absolute atomic E-state index is 10.3. The largest absolute Gasteiger partial charge is 0.390 e. The topological polar surface area (TPSA) is 44.7 Å². The SMILES string of the molecule is O[C@@H](CN[C@@H]1CCSc2ccc(Cl)cc21)CN1CCOCC1. The molecular formula is C16H23ClN2O2S. The summed E-state index contributed by atoms with van der Waals surface area (Å²) >= 11 is 8.01. The lowest BCUT2D eigenvalue weighted by molar-refractivity contribution is 0.0144. The van der Waals surface area contributed by atoms with Gasteiger partial charge in [0.25, 0.3) is 0 Å². The Morgan fingerprint density at radius 1 is 1.41 bits per heavy atom. The third kappa shape index (κ3) is 4.37. The second kappa shape index (κ2) is 7.99. The molecule has 0 bridgehead atoms. The molecule has 0 aromatic heterocycles. The number of halogens is 1. The number of β-amino-alcohol motifs (C(OH)–C–C–N with tert-alkyl or cyclic N) is 1. The van der Waals surface area contributed by atoms with E-state index in [2.05, 4.69) is 22.3 Å². The number of rotatable bonds is 5. The van der Waals surface area contributed by atoms with E-state index >= 15 is 0 Å². The van der Waals surface area contributed by atoms with Gasteiger partial charge in [-0.15, -0.1) is 11.8 Å². The molecule has 1 aromatic rings. The molecule has 2 atom stereocenters. The van der Waals surface area contributed by atoms with E-state index in [9.17, 15) is 5.11 Å². The average molecular weight is 343 g/mol. The number of fused-ring (bicyclic) bond motifs is 1. The summed E-state index contributed by atoms with van der Waals surface area (Å²) in [5.41, 5.74) is 1.27. The molecule has 0 spiro atoms. The molecule has 2 N–H and O–H groups in total. The van der Waals surface area contributed by atoms with Crippen molar-refractivity contribution in [1.82, 2.24) is 10.2 Å². The van der Waals surface area contributed by atoms with Gasteiger partial charge in [-0.2, -0.15) is 0 Å². The molecule has 4 nitrogen and oxygen atoms in total. The second-order valence-electron chi connectivity index (χ2n) is 5.85. The van der Waals surface area contributed by atoms with Crippen LogP contribution in [0.25, 0.3) is 0 Å². The van der Waals surface area contributed by atoms with Crippen LogP contribution in [0.1, 0.15) is 18.0 Å². The normalized spacial score (nSPS) is 24.0. The lowest BCUT2D eigenvalue weighted by Crippen LogP contribution is -2.44. The highest BCUT2D eigenvalue weighted by Gasteiger charge is 2.22. The number of aliphatic hydroxyl groups is 1. The lowest BCUT2D eigenvalue weighted by Gasteiger charge is -2.30. The van der Waals surface area contributed by atoms with Gasteiger partial charge in [0.2, 0.25) is 0 Å². The van der Waals surface area contributed by atoms with Crippen LogP contribution in [0.3, 0.4) is 0 Å². The van der Waals surface area contributed by atoms with Crippen LogP contribution in [-0.4, -0.2) is 61.3 Å². The predicted molar refractivity (Wildman–Crippen MR) is 90.8 cm³/mol. The fourth-order valence-electron chi connectivity index (χ4n) is 3.00. The van der Waals surface area contributed by atoms with E-state index in [0.717, 1.165) is 43.5 Å². The van der Waals surface area contributed by atoms with E-state index in [0.29, 0.717) is 13.1 Å². The van der Waals surface area contributed by atoms with Crippen LogP contribution in [-0.2, 0) is 4.74 Å². The molecule has 0 saturated carbocycles. The van der Waals surface area contributed by atoms with Crippen molar-refractivity contribution in [3.8, 4) is 0 Å². The Morgan fingerprint density at radius 2 is 2.23 bits per heavy atom. The van der Waals surface area contributed by atoms with Crippen molar-refractivity contribution in [2.24, 2.45) is 0 Å². The zero-order chi connectivity index (χ0) is 15.4. The Morgan fingerprint density at radius 3 is 3.05 bits per heavy atom. The lowest BCUT2D eigenvalue weighted by atomic mass is 10.0. The molecule has 2 heterocycles. The monoisotopic (exact) mass is 342 g/mol. The number of ether oxygens (including phenoxy) is 1. The average Bonchev–Trinajstić information content (AvgIpc) is 2.54. The third-order valence-corrected chi connectivity index (χ3v) is 5.54. The van der Waals surface area contributed by atoms with Crippen molar-refractivity contribution in [3.05, 3.63) is 28.8 Å². The van der Waals surface area contributed by atoms with Gasteiger partial charge in [0, 0.05) is 42.1 Å². The predicted octanol–water partition coefficient (Wildman–Crippen LogP) is 2.16. The molecule has 1 aromatic carbocycles. The number of benzene rings is 1. The van der Waals surface area contributed by atoms with Crippen molar-refractivity contribution in [2.45, 2.75) is 23.5 Å². The molecule has 0 unspecified atom stereocenters. The van der Waals surface area contributed by atoms with Crippen LogP contribution in [0.4, 0.5) is 0 Å². The summed E-state index contributed by atoms with van der Waals surface area (Å²) in [6, 6.07) is 6.38. The number of nitrogens with one attached hydrogen (secondary N) is 1. The molecule has 0 aliphatic carbocycles. The molecule has 3 rings (SSSR count). The van der Waals surface area contributed by atoms with Crippen LogP contribution >= 0.6 is 23.4 Å². The summed E-state index contributed by atoms with van der Waals surface area (Å²) in [5.74, 6) is 1.10. The zero-order valence-corrected chi connectivity index (χ0v) is 14.2. The molecule has 1 saturated heterocycles. The Kier molecular flexibility index (Phi) is 6.02. The van der Waals surface area contributed by atoms with Gasteiger partial charge in [-0.05, 0) is 35.9 Å². The van der Waals surface area contributed by atoms with Gasteiger partial charge >= 0.3 is 0 Å². The minimum absolute atomic E-state index is 0.286. The molecule has 0 radical (unpaired) electrons. The number of thioether (sulfide) groups is 1. The molecule has 2 aliphatic heterocycles. The maximum atomic E-state index is 10.3. The summed E-state index contributed by atoms with van der Waals surface area (Å²) in [6.07, 6.45) is 0.720. The third-order valence-electron chi connectivity index (χ3n) is 4.18. The Labute approximate surface area is 141 Å². The van der Waals surface area contributed by atoms with Gasteiger partial charge in [0.15, 0.2) is 0 Å². The molecule has 1 fully saturated rings. The van der Waals surface area contributed by atoms with Crippen LogP contribution in [0, 0.1) is 0 Å². The first-order chi connectivity index (χ1) is 10.7. The molecule has 6 heteroatoms. The van der Waals surface area contributed by atoms with E-state index < -0.39 is 0 Å². The highest BCUT2D eigenvalue weighted by atomic mass is 35.5. The first-order valence-corrected chi connectivity index (χ1v) is 9.22. The Hall–Kier alpha value is -0.300. The molecule has 0 amide bonds. The second-order valence-corrected chi connectivity index (χ2v) is 7.42. The van der Waals surface area contributed by atoms with Gasteiger partial charge in [-0.3, -0.25) is 4.90 Å². The summed E-state index contributed by atoms with van der Waals surface area (Å²) in [5, 5.41) is 14.6. The van der Waals surface area contributed by atoms with Crippen LogP contribution in [0.15, 0.2) is 23.1 Å². The number of hydrogen-bond donors (Lipinski definition) is 2. The van der Waals surface area contributed by atoms with Crippen LogP contribution in [0.2, 0.25) is 5.02 Å². The van der Waals surface area contributed by atoms with Crippen molar-refractivity contribution in [3.63, 3.8) is 0 Å². The van der Waals surface area contributed by atoms with E-state index in [1.165, 1.54) is 10.5 Å². The number of aliphatic hydroxyl groups excluding tert-OH is 1. The molecule has 122 valence electrons. The summed E-state index contributed by atoms with van der Waals surface area (Å²) in [4.78, 5) is 3.56. The van der Waals surface area contributed by atoms with E-state index in [1.54, 1.807) is 0 Å². The quantitative estimate of drug-likeness (QED) is 0.858. The van der Waals surface area contributed by atoms with Crippen molar-refractivity contribution < 1.29 is 9.84 Å². The van der Waals surface area contributed by atoms with E-state index in [1.807, 2.05) is 17.8 Å². The fraction of sp³-hybridized carbons (Fsp3) is 0.625. The molecule has 22 heavy (non-hydrogen) atoms. The van der Waals surface area contributed by atoms with Crippen molar-refractivity contribution in [2.75, 3.05) is 45.1 Å². The highest BCUT2D eigenvalue weighted by molar-refractivity contribution is 7.99. The number of nitrogens with zero attached hydrogens (tertiary/aromatic N) is 1. The number of morpholine rings is 1. The van der Waals surface area contributed by atoms with Gasteiger partial charge in [-0.25, -0.2) is 0 Å². The van der Waals surface area contributed by atoms with Gasteiger partial charge in [-0.1, -0.05) is 11.6 Å². The Balaban J connectivity index is 1.52. The summed E-state index contributed by atoms with van der Waals surface area (Å²) in [6.45, 7) is 4.68. The van der Waals surface area contributed by atoms with E-state index in [-0.39, 0.29) is 12.1 Å². The standard InChI is InChI=1S/C16H23ClN2O2S/c17-12-1-2-16-14(9-12)15(3-8-22-16)18-10-13(20)11-19-4-6-21-7-5-19/h1-2,9,13,15,18,20H,3-8,10-11H2/t13-,15+/m0/s1.